The molecule has 1 amide bonds. The van der Waals surface area contributed by atoms with Crippen LogP contribution in [-0.2, 0) is 18.4 Å². The van der Waals surface area contributed by atoms with E-state index in [2.05, 4.69) is 33.8 Å². The summed E-state index contributed by atoms with van der Waals surface area (Å²) in [6.07, 6.45) is 7.13. The second-order valence-electron chi connectivity index (χ2n) is 7.64. The number of rotatable bonds is 4. The molecular formula is C20H26N6OS. The maximum atomic E-state index is 12.9. The largest absolute Gasteiger partial charge is 0.356 e. The van der Waals surface area contributed by atoms with Gasteiger partial charge in [0.2, 0.25) is 5.91 Å². The number of fused-ring (bicyclic) bond motifs is 1. The Hall–Kier alpha value is -2.48. The molecule has 28 heavy (non-hydrogen) atoms. The van der Waals surface area contributed by atoms with Gasteiger partial charge in [0.1, 0.15) is 17.0 Å². The van der Waals surface area contributed by atoms with Crippen LogP contribution in [-0.4, -0.2) is 50.7 Å². The van der Waals surface area contributed by atoms with Crippen LogP contribution in [0.5, 0.6) is 0 Å². The highest BCUT2D eigenvalue weighted by molar-refractivity contribution is 7.18. The average Bonchev–Trinajstić information content (AvgIpc) is 3.23. The van der Waals surface area contributed by atoms with Crippen molar-refractivity contribution in [2.75, 3.05) is 25.0 Å². The molecule has 0 aromatic carbocycles. The van der Waals surface area contributed by atoms with Crippen LogP contribution >= 0.6 is 11.3 Å². The molecule has 1 aliphatic heterocycles. The van der Waals surface area contributed by atoms with E-state index in [4.69, 9.17) is 0 Å². The predicted molar refractivity (Wildman–Crippen MR) is 112 cm³/mol. The van der Waals surface area contributed by atoms with Crippen molar-refractivity contribution in [1.29, 1.82) is 0 Å². The molecule has 0 bridgehead atoms. The molecule has 4 heterocycles. The Bertz CT molecular complexity index is 1000. The normalized spacial score (nSPS) is 15.4. The van der Waals surface area contributed by atoms with E-state index in [0.29, 0.717) is 6.54 Å². The van der Waals surface area contributed by atoms with E-state index in [1.807, 2.05) is 31.4 Å². The highest BCUT2D eigenvalue weighted by Crippen LogP contribution is 2.35. The standard InChI is InChI=1S/C20H26N6OS/c1-13-14(2)28-19-17(13)18(21-12-22-19)26-7-5-16(6-8-26)20(27)24(3)10-15-9-23-25(4)11-15/h9,11-12,16H,5-8,10H2,1-4H3. The van der Waals surface area contributed by atoms with Crippen LogP contribution in [0.3, 0.4) is 0 Å². The zero-order valence-electron chi connectivity index (χ0n) is 16.8. The monoisotopic (exact) mass is 398 g/mol. The van der Waals surface area contributed by atoms with Gasteiger partial charge in [-0.3, -0.25) is 9.48 Å². The van der Waals surface area contributed by atoms with Gasteiger partial charge in [-0.2, -0.15) is 5.10 Å². The Balaban J connectivity index is 1.43. The number of carbonyl (C=O) groups excluding carboxylic acids is 1. The number of carbonyl (C=O) groups is 1. The van der Waals surface area contributed by atoms with Gasteiger partial charge < -0.3 is 9.80 Å². The maximum Gasteiger partial charge on any atom is 0.225 e. The number of nitrogens with zero attached hydrogens (tertiary/aromatic N) is 6. The Morgan fingerprint density at radius 2 is 2.04 bits per heavy atom. The molecule has 7 nitrogen and oxygen atoms in total. The zero-order chi connectivity index (χ0) is 19.8. The second kappa shape index (κ2) is 7.50. The molecule has 0 atom stereocenters. The maximum absolute atomic E-state index is 12.9. The van der Waals surface area contributed by atoms with E-state index in [1.165, 1.54) is 15.8 Å². The first kappa shape index (κ1) is 18.9. The number of piperidine rings is 1. The van der Waals surface area contributed by atoms with Crippen molar-refractivity contribution < 1.29 is 4.79 Å². The number of hydrogen-bond acceptors (Lipinski definition) is 6. The van der Waals surface area contributed by atoms with Crippen molar-refractivity contribution in [3.8, 4) is 0 Å². The minimum absolute atomic E-state index is 0.0700. The number of hydrogen-bond donors (Lipinski definition) is 0. The van der Waals surface area contributed by atoms with Crippen LogP contribution in [0.4, 0.5) is 5.82 Å². The molecule has 0 aliphatic carbocycles. The summed E-state index contributed by atoms with van der Waals surface area (Å²) in [5.74, 6) is 1.31. The lowest BCUT2D eigenvalue weighted by molar-refractivity contribution is -0.135. The molecule has 3 aromatic rings. The Morgan fingerprint density at radius 1 is 1.29 bits per heavy atom. The molecule has 0 N–H and O–H groups in total. The fraction of sp³-hybridized carbons (Fsp3) is 0.500. The molecule has 0 radical (unpaired) electrons. The van der Waals surface area contributed by atoms with Gasteiger partial charge in [-0.15, -0.1) is 11.3 Å². The third-order valence-electron chi connectivity index (χ3n) is 5.64. The molecule has 4 rings (SSSR count). The summed E-state index contributed by atoms with van der Waals surface area (Å²) >= 11 is 1.72. The summed E-state index contributed by atoms with van der Waals surface area (Å²) in [5, 5.41) is 5.35. The third kappa shape index (κ3) is 3.48. The van der Waals surface area contributed by atoms with E-state index < -0.39 is 0 Å². The van der Waals surface area contributed by atoms with Crippen molar-refractivity contribution >= 4 is 33.3 Å². The van der Waals surface area contributed by atoms with E-state index in [1.54, 1.807) is 22.3 Å². The van der Waals surface area contributed by atoms with Crippen molar-refractivity contribution in [1.82, 2.24) is 24.6 Å². The minimum Gasteiger partial charge on any atom is -0.356 e. The fourth-order valence-corrected chi connectivity index (χ4v) is 4.95. The van der Waals surface area contributed by atoms with Gasteiger partial charge >= 0.3 is 0 Å². The number of thiophene rings is 1. The number of aryl methyl sites for hydroxylation is 3. The molecular weight excluding hydrogens is 372 g/mol. The van der Waals surface area contributed by atoms with Crippen LogP contribution in [0.2, 0.25) is 0 Å². The average molecular weight is 399 g/mol. The summed E-state index contributed by atoms with van der Waals surface area (Å²) < 4.78 is 1.77. The van der Waals surface area contributed by atoms with Crippen LogP contribution in [0.15, 0.2) is 18.7 Å². The van der Waals surface area contributed by atoms with Crippen LogP contribution in [0.1, 0.15) is 28.8 Å². The van der Waals surface area contributed by atoms with Crippen molar-refractivity contribution in [2.24, 2.45) is 13.0 Å². The van der Waals surface area contributed by atoms with E-state index in [-0.39, 0.29) is 11.8 Å². The molecule has 148 valence electrons. The van der Waals surface area contributed by atoms with Crippen molar-refractivity contribution in [3.63, 3.8) is 0 Å². The van der Waals surface area contributed by atoms with Gasteiger partial charge in [0.05, 0.1) is 11.6 Å². The lowest BCUT2D eigenvalue weighted by atomic mass is 9.95. The SMILES string of the molecule is Cc1sc2ncnc(N3CCC(C(=O)N(C)Cc4cnn(C)c4)CC3)c2c1C. The third-order valence-corrected chi connectivity index (χ3v) is 6.76. The summed E-state index contributed by atoms with van der Waals surface area (Å²) in [5.41, 5.74) is 2.33. The highest BCUT2D eigenvalue weighted by Gasteiger charge is 2.29. The Morgan fingerprint density at radius 3 is 2.71 bits per heavy atom. The van der Waals surface area contributed by atoms with Crippen molar-refractivity contribution in [3.05, 3.63) is 34.7 Å². The smallest absolute Gasteiger partial charge is 0.225 e. The molecule has 1 saturated heterocycles. The number of aromatic nitrogens is 4. The number of anilines is 1. The van der Waals surface area contributed by atoms with Crippen LogP contribution in [0, 0.1) is 19.8 Å². The zero-order valence-corrected chi connectivity index (χ0v) is 17.7. The summed E-state index contributed by atoms with van der Waals surface area (Å²) in [7, 11) is 3.77. The van der Waals surface area contributed by atoms with E-state index in [0.717, 1.165) is 42.1 Å². The molecule has 0 saturated carbocycles. The summed E-state index contributed by atoms with van der Waals surface area (Å²) in [6.45, 7) is 6.57. The van der Waals surface area contributed by atoms with Gasteiger partial charge in [0.25, 0.3) is 0 Å². The number of amides is 1. The lowest BCUT2D eigenvalue weighted by Crippen LogP contribution is -2.41. The minimum atomic E-state index is 0.0700. The molecule has 0 unspecified atom stereocenters. The van der Waals surface area contributed by atoms with E-state index >= 15 is 0 Å². The van der Waals surface area contributed by atoms with Gasteiger partial charge in [0.15, 0.2) is 0 Å². The lowest BCUT2D eigenvalue weighted by Gasteiger charge is -2.34. The fourth-order valence-electron chi connectivity index (χ4n) is 3.96. The highest BCUT2D eigenvalue weighted by atomic mass is 32.1. The van der Waals surface area contributed by atoms with Crippen molar-refractivity contribution in [2.45, 2.75) is 33.2 Å². The molecule has 1 fully saturated rings. The van der Waals surface area contributed by atoms with Gasteiger partial charge in [-0.25, -0.2) is 9.97 Å². The van der Waals surface area contributed by atoms with Crippen LogP contribution < -0.4 is 4.90 Å². The second-order valence-corrected chi connectivity index (χ2v) is 8.84. The van der Waals surface area contributed by atoms with Crippen LogP contribution in [0.25, 0.3) is 10.2 Å². The predicted octanol–water partition coefficient (Wildman–Crippen LogP) is 2.92. The summed E-state index contributed by atoms with van der Waals surface area (Å²) in [6, 6.07) is 0. The van der Waals surface area contributed by atoms with Gasteiger partial charge in [0, 0.05) is 56.3 Å². The quantitative estimate of drug-likeness (QED) is 0.676. The first-order valence-electron chi connectivity index (χ1n) is 9.62. The van der Waals surface area contributed by atoms with Gasteiger partial charge in [-0.05, 0) is 32.3 Å². The van der Waals surface area contributed by atoms with Gasteiger partial charge in [-0.1, -0.05) is 0 Å². The molecule has 1 aliphatic rings. The van der Waals surface area contributed by atoms with E-state index in [9.17, 15) is 4.79 Å². The Labute approximate surface area is 169 Å². The molecule has 8 heteroatoms. The molecule has 0 spiro atoms. The molecule has 3 aromatic heterocycles. The summed E-state index contributed by atoms with van der Waals surface area (Å²) in [4.78, 5) is 28.4. The first-order chi connectivity index (χ1) is 13.4. The first-order valence-corrected chi connectivity index (χ1v) is 10.4. The topological polar surface area (TPSA) is 67.2 Å². The Kier molecular flexibility index (Phi) is 5.05.